The summed E-state index contributed by atoms with van der Waals surface area (Å²) in [4.78, 5) is 1.92. The first-order chi connectivity index (χ1) is 7.47. The molecule has 0 saturated carbocycles. The van der Waals surface area contributed by atoms with Crippen LogP contribution >= 0.6 is 0 Å². The minimum absolute atomic E-state index is 0.120. The highest BCUT2D eigenvalue weighted by molar-refractivity contribution is 5.27. The second-order valence-corrected chi connectivity index (χ2v) is 3.93. The second-order valence-electron chi connectivity index (χ2n) is 3.93. The number of alkyl halides is 3. The molecule has 1 aliphatic rings. The minimum atomic E-state index is -4.41. The standard InChI is InChI=1S/C11H11F4N/c12-10-3-2-9(11(13,14)15)6-8(10)7-16-4-1-5-16/h2-3,6H,1,4-5,7H2. The van der Waals surface area contributed by atoms with Gasteiger partial charge in [-0.25, -0.2) is 4.39 Å². The van der Waals surface area contributed by atoms with Gasteiger partial charge in [-0.1, -0.05) is 0 Å². The SMILES string of the molecule is Fc1ccc(C(F)(F)F)cc1CN1CCC1. The zero-order chi connectivity index (χ0) is 11.8. The molecule has 5 heteroatoms. The summed E-state index contributed by atoms with van der Waals surface area (Å²) in [6.45, 7) is 1.92. The molecule has 0 unspecified atom stereocenters. The number of nitrogens with zero attached hydrogens (tertiary/aromatic N) is 1. The van der Waals surface area contributed by atoms with Gasteiger partial charge in [0.15, 0.2) is 0 Å². The number of hydrogen-bond acceptors (Lipinski definition) is 1. The van der Waals surface area contributed by atoms with Crippen molar-refractivity contribution < 1.29 is 17.6 Å². The summed E-state index contributed by atoms with van der Waals surface area (Å²) >= 11 is 0. The zero-order valence-corrected chi connectivity index (χ0v) is 8.52. The van der Waals surface area contributed by atoms with Crippen molar-refractivity contribution in [2.45, 2.75) is 19.1 Å². The van der Waals surface area contributed by atoms with Crippen LogP contribution in [0.2, 0.25) is 0 Å². The van der Waals surface area contributed by atoms with Crippen LogP contribution < -0.4 is 0 Å². The van der Waals surface area contributed by atoms with Crippen molar-refractivity contribution in [2.24, 2.45) is 0 Å². The summed E-state index contributed by atoms with van der Waals surface area (Å²) in [6.07, 6.45) is -3.38. The largest absolute Gasteiger partial charge is 0.416 e. The molecule has 0 radical (unpaired) electrons. The third-order valence-corrected chi connectivity index (χ3v) is 2.72. The maximum Gasteiger partial charge on any atom is 0.416 e. The molecule has 1 aromatic rings. The summed E-state index contributed by atoms with van der Waals surface area (Å²) in [5.41, 5.74) is -0.668. The van der Waals surface area contributed by atoms with E-state index < -0.39 is 17.6 Å². The zero-order valence-electron chi connectivity index (χ0n) is 8.52. The van der Waals surface area contributed by atoms with Crippen LogP contribution in [-0.4, -0.2) is 18.0 Å². The molecule has 1 aliphatic heterocycles. The van der Waals surface area contributed by atoms with Crippen LogP contribution in [0.15, 0.2) is 18.2 Å². The van der Waals surface area contributed by atoms with E-state index in [0.717, 1.165) is 37.7 Å². The van der Waals surface area contributed by atoms with Crippen LogP contribution in [0.25, 0.3) is 0 Å². The van der Waals surface area contributed by atoms with Gasteiger partial charge in [-0.3, -0.25) is 4.90 Å². The van der Waals surface area contributed by atoms with E-state index in [-0.39, 0.29) is 12.1 Å². The highest BCUT2D eigenvalue weighted by atomic mass is 19.4. The van der Waals surface area contributed by atoms with E-state index in [1.165, 1.54) is 0 Å². The minimum Gasteiger partial charge on any atom is -0.299 e. The Morgan fingerprint density at radius 1 is 1.19 bits per heavy atom. The van der Waals surface area contributed by atoms with Gasteiger partial charge in [-0.05, 0) is 37.7 Å². The second kappa shape index (κ2) is 4.05. The maximum atomic E-state index is 13.3. The van der Waals surface area contributed by atoms with Gasteiger partial charge in [-0.15, -0.1) is 0 Å². The van der Waals surface area contributed by atoms with Gasteiger partial charge in [0.05, 0.1) is 5.56 Å². The number of rotatable bonds is 2. The van der Waals surface area contributed by atoms with Gasteiger partial charge in [0.25, 0.3) is 0 Å². The number of benzene rings is 1. The van der Waals surface area contributed by atoms with Crippen molar-refractivity contribution in [3.8, 4) is 0 Å². The molecule has 1 saturated heterocycles. The molecule has 2 rings (SSSR count). The molecule has 0 atom stereocenters. The molecule has 1 heterocycles. The van der Waals surface area contributed by atoms with E-state index in [4.69, 9.17) is 0 Å². The monoisotopic (exact) mass is 233 g/mol. The topological polar surface area (TPSA) is 3.24 Å². The van der Waals surface area contributed by atoms with Crippen LogP contribution in [0, 0.1) is 5.82 Å². The third-order valence-electron chi connectivity index (χ3n) is 2.72. The Labute approximate surface area is 90.7 Å². The molecular formula is C11H11F4N. The van der Waals surface area contributed by atoms with Gasteiger partial charge in [0, 0.05) is 12.1 Å². The molecule has 0 aliphatic carbocycles. The van der Waals surface area contributed by atoms with Gasteiger partial charge >= 0.3 is 6.18 Å². The predicted molar refractivity (Wildman–Crippen MR) is 51.3 cm³/mol. The summed E-state index contributed by atoms with van der Waals surface area (Å²) in [7, 11) is 0. The Morgan fingerprint density at radius 2 is 1.88 bits per heavy atom. The summed E-state index contributed by atoms with van der Waals surface area (Å²) in [5.74, 6) is -0.570. The lowest BCUT2D eigenvalue weighted by Crippen LogP contribution is -2.36. The lowest BCUT2D eigenvalue weighted by Gasteiger charge is -2.30. The van der Waals surface area contributed by atoms with Crippen molar-refractivity contribution >= 4 is 0 Å². The molecule has 0 aromatic heterocycles. The molecule has 0 bridgehead atoms. The van der Waals surface area contributed by atoms with Crippen molar-refractivity contribution in [1.29, 1.82) is 0 Å². The third kappa shape index (κ3) is 2.35. The lowest BCUT2D eigenvalue weighted by molar-refractivity contribution is -0.137. The van der Waals surface area contributed by atoms with Crippen molar-refractivity contribution in [3.63, 3.8) is 0 Å². The van der Waals surface area contributed by atoms with Crippen LogP contribution in [0.3, 0.4) is 0 Å². The van der Waals surface area contributed by atoms with Crippen LogP contribution in [0.5, 0.6) is 0 Å². The maximum absolute atomic E-state index is 13.3. The number of likely N-dealkylation sites (tertiary alicyclic amines) is 1. The normalized spacial score (nSPS) is 17.2. The van der Waals surface area contributed by atoms with E-state index in [1.54, 1.807) is 0 Å². The van der Waals surface area contributed by atoms with Gasteiger partial charge in [0.1, 0.15) is 5.82 Å². The first kappa shape index (κ1) is 11.4. The molecular weight excluding hydrogens is 222 g/mol. The van der Waals surface area contributed by atoms with E-state index in [1.807, 2.05) is 4.90 Å². The smallest absolute Gasteiger partial charge is 0.299 e. The molecule has 16 heavy (non-hydrogen) atoms. The van der Waals surface area contributed by atoms with E-state index in [2.05, 4.69) is 0 Å². The fourth-order valence-electron chi connectivity index (χ4n) is 1.65. The van der Waals surface area contributed by atoms with Crippen molar-refractivity contribution in [1.82, 2.24) is 4.90 Å². The summed E-state index contributed by atoms with van der Waals surface area (Å²) in [5, 5.41) is 0. The molecule has 88 valence electrons. The molecule has 1 nitrogen and oxygen atoms in total. The van der Waals surface area contributed by atoms with Crippen LogP contribution in [-0.2, 0) is 12.7 Å². The van der Waals surface area contributed by atoms with Crippen LogP contribution in [0.4, 0.5) is 17.6 Å². The first-order valence-electron chi connectivity index (χ1n) is 5.05. The van der Waals surface area contributed by atoms with E-state index >= 15 is 0 Å². The molecule has 0 N–H and O–H groups in total. The molecule has 1 aromatic carbocycles. The summed E-state index contributed by atoms with van der Waals surface area (Å²) in [6, 6.07) is 2.56. The van der Waals surface area contributed by atoms with E-state index in [9.17, 15) is 17.6 Å². The lowest BCUT2D eigenvalue weighted by atomic mass is 10.1. The van der Waals surface area contributed by atoms with Gasteiger partial charge in [-0.2, -0.15) is 13.2 Å². The Hall–Kier alpha value is -1.10. The predicted octanol–water partition coefficient (Wildman–Crippen LogP) is 3.05. The summed E-state index contributed by atoms with van der Waals surface area (Å²) < 4.78 is 50.5. The highest BCUT2D eigenvalue weighted by Gasteiger charge is 2.31. The average Bonchev–Trinajstić information content (AvgIpc) is 2.11. The number of halogens is 4. The average molecular weight is 233 g/mol. The Kier molecular flexibility index (Phi) is 2.88. The number of hydrogen-bond donors (Lipinski definition) is 0. The van der Waals surface area contributed by atoms with Gasteiger partial charge < -0.3 is 0 Å². The van der Waals surface area contributed by atoms with Crippen molar-refractivity contribution in [2.75, 3.05) is 13.1 Å². The molecule has 1 fully saturated rings. The van der Waals surface area contributed by atoms with Gasteiger partial charge in [0.2, 0.25) is 0 Å². The Balaban J connectivity index is 2.21. The van der Waals surface area contributed by atoms with Crippen molar-refractivity contribution in [3.05, 3.63) is 35.1 Å². The van der Waals surface area contributed by atoms with Crippen LogP contribution in [0.1, 0.15) is 17.5 Å². The first-order valence-corrected chi connectivity index (χ1v) is 5.05. The fraction of sp³-hybridized carbons (Fsp3) is 0.455. The Morgan fingerprint density at radius 3 is 2.38 bits per heavy atom. The Bertz CT molecular complexity index is 382. The molecule has 0 spiro atoms. The quantitative estimate of drug-likeness (QED) is 0.709. The molecule has 0 amide bonds. The van der Waals surface area contributed by atoms with E-state index in [0.29, 0.717) is 0 Å². The highest BCUT2D eigenvalue weighted by Crippen LogP contribution is 2.30. The fourth-order valence-corrected chi connectivity index (χ4v) is 1.65.